The van der Waals surface area contributed by atoms with E-state index in [0.717, 1.165) is 57.6 Å². The van der Waals surface area contributed by atoms with Crippen molar-refractivity contribution in [3.63, 3.8) is 0 Å². The van der Waals surface area contributed by atoms with Gasteiger partial charge in [0.2, 0.25) is 11.9 Å². The molecule has 0 spiro atoms. The van der Waals surface area contributed by atoms with Crippen molar-refractivity contribution in [2.24, 2.45) is 0 Å². The minimum Gasteiger partial charge on any atom is -0.337 e. The summed E-state index contributed by atoms with van der Waals surface area (Å²) in [7, 11) is 0. The first kappa shape index (κ1) is 17.1. The van der Waals surface area contributed by atoms with Gasteiger partial charge in [0.05, 0.1) is 5.69 Å². The molecule has 2 aromatic rings. The molecule has 2 aliphatic heterocycles. The van der Waals surface area contributed by atoms with Gasteiger partial charge in [0.15, 0.2) is 0 Å². The highest BCUT2D eigenvalue weighted by Gasteiger charge is 2.23. The van der Waals surface area contributed by atoms with Crippen molar-refractivity contribution in [1.29, 1.82) is 0 Å². The largest absolute Gasteiger partial charge is 0.337 e. The van der Waals surface area contributed by atoms with Crippen LogP contribution in [0.1, 0.15) is 31.0 Å². The van der Waals surface area contributed by atoms with Crippen LogP contribution in [0.4, 0.5) is 11.9 Å². The highest BCUT2D eigenvalue weighted by atomic mass is 15.4. The Morgan fingerprint density at radius 3 is 2.38 bits per heavy atom. The zero-order valence-electron chi connectivity index (χ0n) is 15.5. The Kier molecular flexibility index (Phi) is 5.24. The average molecular weight is 353 g/mol. The molecule has 0 radical (unpaired) electrons. The first-order valence-electron chi connectivity index (χ1n) is 9.67. The molecule has 7 heteroatoms. The second-order valence-corrected chi connectivity index (χ2v) is 7.04. The summed E-state index contributed by atoms with van der Waals surface area (Å²) in [5, 5.41) is 0. The zero-order chi connectivity index (χ0) is 17.8. The Labute approximate surface area is 155 Å². The van der Waals surface area contributed by atoms with Crippen LogP contribution in [0.15, 0.2) is 24.7 Å². The molecule has 138 valence electrons. The van der Waals surface area contributed by atoms with E-state index in [1.165, 1.54) is 30.6 Å². The molecular weight excluding hydrogens is 326 g/mol. The molecule has 2 aliphatic rings. The Morgan fingerprint density at radius 2 is 1.65 bits per heavy atom. The maximum atomic E-state index is 4.89. The van der Waals surface area contributed by atoms with Gasteiger partial charge in [-0.3, -0.25) is 4.90 Å². The van der Waals surface area contributed by atoms with E-state index in [0.29, 0.717) is 0 Å². The second kappa shape index (κ2) is 7.95. The SMILES string of the molecule is CCCCN1CCc2nc(N3CCN(c4ncccn4)CC3)ncc2C1. The summed E-state index contributed by atoms with van der Waals surface area (Å²) in [5.74, 6) is 1.69. The summed E-state index contributed by atoms with van der Waals surface area (Å²) in [6.07, 6.45) is 9.19. The van der Waals surface area contributed by atoms with E-state index in [9.17, 15) is 0 Å². The van der Waals surface area contributed by atoms with E-state index in [1.807, 2.05) is 12.3 Å². The van der Waals surface area contributed by atoms with Crippen LogP contribution in [-0.4, -0.2) is 64.1 Å². The molecule has 0 bridgehead atoms. The number of unbranched alkanes of at least 4 members (excludes halogenated alkanes) is 1. The highest BCUT2D eigenvalue weighted by molar-refractivity contribution is 5.39. The molecule has 1 saturated heterocycles. The van der Waals surface area contributed by atoms with Crippen LogP contribution in [-0.2, 0) is 13.0 Å². The lowest BCUT2D eigenvalue weighted by molar-refractivity contribution is 0.247. The van der Waals surface area contributed by atoms with Crippen molar-refractivity contribution in [3.05, 3.63) is 35.9 Å². The first-order valence-corrected chi connectivity index (χ1v) is 9.67. The van der Waals surface area contributed by atoms with Crippen molar-refractivity contribution in [3.8, 4) is 0 Å². The van der Waals surface area contributed by atoms with Crippen LogP contribution < -0.4 is 9.80 Å². The molecule has 4 heterocycles. The van der Waals surface area contributed by atoms with Crippen molar-refractivity contribution < 1.29 is 0 Å². The minimum absolute atomic E-state index is 0.811. The molecule has 0 unspecified atom stereocenters. The third-order valence-electron chi connectivity index (χ3n) is 5.23. The molecule has 0 atom stereocenters. The minimum atomic E-state index is 0.811. The Morgan fingerprint density at radius 1 is 0.923 bits per heavy atom. The van der Waals surface area contributed by atoms with E-state index in [4.69, 9.17) is 4.98 Å². The molecule has 7 nitrogen and oxygen atoms in total. The van der Waals surface area contributed by atoms with Gasteiger partial charge in [-0.1, -0.05) is 13.3 Å². The predicted molar refractivity (Wildman–Crippen MR) is 102 cm³/mol. The van der Waals surface area contributed by atoms with Gasteiger partial charge in [-0.2, -0.15) is 0 Å². The number of anilines is 2. The van der Waals surface area contributed by atoms with Gasteiger partial charge in [0.25, 0.3) is 0 Å². The maximum Gasteiger partial charge on any atom is 0.225 e. The number of rotatable bonds is 5. The van der Waals surface area contributed by atoms with E-state index in [2.05, 4.69) is 36.6 Å². The molecule has 1 fully saturated rings. The summed E-state index contributed by atoms with van der Waals surface area (Å²) in [4.78, 5) is 25.3. The quantitative estimate of drug-likeness (QED) is 0.811. The smallest absolute Gasteiger partial charge is 0.225 e. The number of nitrogens with zero attached hydrogens (tertiary/aromatic N) is 7. The second-order valence-electron chi connectivity index (χ2n) is 7.04. The highest BCUT2D eigenvalue weighted by Crippen LogP contribution is 2.21. The molecule has 0 aromatic carbocycles. The van der Waals surface area contributed by atoms with Gasteiger partial charge >= 0.3 is 0 Å². The van der Waals surface area contributed by atoms with E-state index < -0.39 is 0 Å². The molecule has 26 heavy (non-hydrogen) atoms. The summed E-state index contributed by atoms with van der Waals surface area (Å²) in [6.45, 7) is 9.14. The lowest BCUT2D eigenvalue weighted by Gasteiger charge is -2.35. The van der Waals surface area contributed by atoms with E-state index in [1.54, 1.807) is 12.4 Å². The fourth-order valence-corrected chi connectivity index (χ4v) is 3.65. The fraction of sp³-hybridized carbons (Fsp3) is 0.579. The summed E-state index contributed by atoms with van der Waals surface area (Å²) in [6, 6.07) is 1.85. The van der Waals surface area contributed by atoms with Crippen molar-refractivity contribution in [1.82, 2.24) is 24.8 Å². The Balaban J connectivity index is 1.38. The van der Waals surface area contributed by atoms with Gasteiger partial charge in [-0.05, 0) is 19.0 Å². The third-order valence-corrected chi connectivity index (χ3v) is 5.23. The molecule has 4 rings (SSSR count). The molecule has 2 aromatic heterocycles. The van der Waals surface area contributed by atoms with Crippen molar-refractivity contribution in [2.45, 2.75) is 32.7 Å². The van der Waals surface area contributed by atoms with Crippen LogP contribution in [0.2, 0.25) is 0 Å². The Hall–Kier alpha value is -2.28. The van der Waals surface area contributed by atoms with Crippen molar-refractivity contribution >= 4 is 11.9 Å². The van der Waals surface area contributed by atoms with Gasteiger partial charge in [-0.15, -0.1) is 0 Å². The van der Waals surface area contributed by atoms with Gasteiger partial charge < -0.3 is 9.80 Å². The summed E-state index contributed by atoms with van der Waals surface area (Å²) < 4.78 is 0. The standard InChI is InChI=1S/C19H27N7/c1-2-3-8-24-9-5-17-16(15-24)14-22-19(23-17)26-12-10-25(11-13-26)18-20-6-4-7-21-18/h4,6-7,14H,2-3,5,8-13,15H2,1H3. The lowest BCUT2D eigenvalue weighted by atomic mass is 10.1. The molecular formula is C19H27N7. The van der Waals surface area contributed by atoms with Crippen LogP contribution in [0.25, 0.3) is 0 Å². The first-order chi connectivity index (χ1) is 12.8. The predicted octanol–water partition coefficient (Wildman–Crippen LogP) is 1.75. The molecule has 0 aliphatic carbocycles. The normalized spacial score (nSPS) is 18.0. The van der Waals surface area contributed by atoms with Crippen LogP contribution in [0.5, 0.6) is 0 Å². The van der Waals surface area contributed by atoms with Gasteiger partial charge in [0.1, 0.15) is 0 Å². The van der Waals surface area contributed by atoms with Gasteiger partial charge in [-0.25, -0.2) is 19.9 Å². The topological polar surface area (TPSA) is 61.3 Å². The third kappa shape index (κ3) is 3.77. The number of fused-ring (bicyclic) bond motifs is 1. The van der Waals surface area contributed by atoms with E-state index >= 15 is 0 Å². The van der Waals surface area contributed by atoms with Crippen molar-refractivity contribution in [2.75, 3.05) is 49.1 Å². The molecule has 0 saturated carbocycles. The van der Waals surface area contributed by atoms with Crippen LogP contribution in [0.3, 0.4) is 0 Å². The average Bonchev–Trinajstić information content (AvgIpc) is 2.72. The van der Waals surface area contributed by atoms with E-state index in [-0.39, 0.29) is 0 Å². The molecule has 0 N–H and O–H groups in total. The summed E-state index contributed by atoms with van der Waals surface area (Å²) in [5.41, 5.74) is 2.53. The maximum absolute atomic E-state index is 4.89. The number of hydrogen-bond acceptors (Lipinski definition) is 7. The number of piperazine rings is 1. The molecule has 0 amide bonds. The number of hydrogen-bond donors (Lipinski definition) is 0. The number of aromatic nitrogens is 4. The fourth-order valence-electron chi connectivity index (χ4n) is 3.65. The zero-order valence-corrected chi connectivity index (χ0v) is 15.5. The Bertz CT molecular complexity index is 713. The summed E-state index contributed by atoms with van der Waals surface area (Å²) >= 11 is 0. The monoisotopic (exact) mass is 353 g/mol. The van der Waals surface area contributed by atoms with Gasteiger partial charge in [0, 0.05) is 69.8 Å². The lowest BCUT2D eigenvalue weighted by Crippen LogP contribution is -2.47. The van der Waals surface area contributed by atoms with Crippen LogP contribution >= 0.6 is 0 Å². The van der Waals surface area contributed by atoms with Crippen LogP contribution in [0, 0.1) is 0 Å².